The van der Waals surface area contributed by atoms with Crippen LogP contribution in [-0.4, -0.2) is 58.9 Å². The summed E-state index contributed by atoms with van der Waals surface area (Å²) >= 11 is 0. The van der Waals surface area contributed by atoms with E-state index in [9.17, 15) is 20.1 Å². The minimum absolute atomic E-state index is 0.0162. The number of aliphatic hydroxyl groups is 3. The van der Waals surface area contributed by atoms with Crippen LogP contribution in [0.5, 0.6) is 0 Å². The maximum Gasteiger partial charge on any atom is 0.306 e. The Labute approximate surface area is 132 Å². The topological polar surface area (TPSA) is 96.2 Å². The first-order chi connectivity index (χ1) is 10.6. The van der Waals surface area contributed by atoms with Crippen molar-refractivity contribution in [3.63, 3.8) is 0 Å². The number of ether oxygens (including phenoxy) is 2. The molecule has 4 atom stereocenters. The maximum absolute atomic E-state index is 11.8. The molecule has 1 aliphatic heterocycles. The molecule has 0 aromatic heterocycles. The summed E-state index contributed by atoms with van der Waals surface area (Å²) in [6.07, 6.45) is 4.17. The van der Waals surface area contributed by atoms with Crippen LogP contribution in [0.4, 0.5) is 0 Å². The Morgan fingerprint density at radius 3 is 2.36 bits per heavy atom. The van der Waals surface area contributed by atoms with E-state index in [0.717, 1.165) is 19.3 Å². The van der Waals surface area contributed by atoms with Gasteiger partial charge in [0.2, 0.25) is 0 Å². The lowest BCUT2D eigenvalue weighted by atomic mass is 10.1. The van der Waals surface area contributed by atoms with E-state index in [0.29, 0.717) is 6.42 Å². The molecule has 0 radical (unpaired) electrons. The molecule has 130 valence electrons. The summed E-state index contributed by atoms with van der Waals surface area (Å²) in [4.78, 5) is 11.8. The monoisotopic (exact) mass is 318 g/mol. The highest BCUT2D eigenvalue weighted by Crippen LogP contribution is 2.20. The van der Waals surface area contributed by atoms with Crippen LogP contribution in [0.25, 0.3) is 0 Å². The minimum atomic E-state index is -1.14. The number of aliphatic hydroxyl groups excluding tert-OH is 3. The lowest BCUT2D eigenvalue weighted by Gasteiger charge is -2.24. The second kappa shape index (κ2) is 10.9. The lowest BCUT2D eigenvalue weighted by molar-refractivity contribution is -0.162. The summed E-state index contributed by atoms with van der Waals surface area (Å²) in [5.74, 6) is -0.398. The Bertz CT molecular complexity index is 309. The second-order valence-electron chi connectivity index (χ2n) is 5.94. The summed E-state index contributed by atoms with van der Waals surface area (Å²) in [6, 6.07) is 0. The molecule has 6 nitrogen and oxygen atoms in total. The number of carbonyl (C=O) groups is 1. The molecule has 3 N–H and O–H groups in total. The van der Waals surface area contributed by atoms with Gasteiger partial charge in [-0.05, 0) is 6.42 Å². The van der Waals surface area contributed by atoms with Crippen molar-refractivity contribution in [1.82, 2.24) is 0 Å². The molecular weight excluding hydrogens is 288 g/mol. The van der Waals surface area contributed by atoms with E-state index in [-0.39, 0.29) is 6.61 Å². The second-order valence-corrected chi connectivity index (χ2v) is 5.94. The molecule has 1 rings (SSSR count). The van der Waals surface area contributed by atoms with Crippen molar-refractivity contribution in [3.8, 4) is 0 Å². The third kappa shape index (κ3) is 6.60. The number of rotatable bonds is 11. The van der Waals surface area contributed by atoms with Crippen molar-refractivity contribution in [1.29, 1.82) is 0 Å². The number of unbranched alkanes of at least 4 members (excludes halogenated alkanes) is 6. The number of hydrogen-bond donors (Lipinski definition) is 3. The highest BCUT2D eigenvalue weighted by Gasteiger charge is 2.41. The van der Waals surface area contributed by atoms with E-state index < -0.39 is 37.0 Å². The maximum atomic E-state index is 11.8. The zero-order valence-corrected chi connectivity index (χ0v) is 13.4. The van der Waals surface area contributed by atoms with Gasteiger partial charge in [0.15, 0.2) is 6.10 Å². The zero-order chi connectivity index (χ0) is 16.4. The van der Waals surface area contributed by atoms with E-state index >= 15 is 0 Å². The molecule has 6 heteroatoms. The van der Waals surface area contributed by atoms with Gasteiger partial charge >= 0.3 is 5.97 Å². The van der Waals surface area contributed by atoms with E-state index in [1.54, 1.807) is 0 Å². The van der Waals surface area contributed by atoms with Crippen LogP contribution < -0.4 is 0 Å². The van der Waals surface area contributed by atoms with Crippen molar-refractivity contribution in [3.05, 3.63) is 0 Å². The lowest BCUT2D eigenvalue weighted by Crippen LogP contribution is -2.43. The molecule has 0 spiro atoms. The summed E-state index contributed by atoms with van der Waals surface area (Å²) in [6.45, 7) is 1.73. The van der Waals surface area contributed by atoms with Crippen LogP contribution in [0, 0.1) is 0 Å². The van der Waals surface area contributed by atoms with Crippen LogP contribution in [0.3, 0.4) is 0 Å². The van der Waals surface area contributed by atoms with Crippen LogP contribution in [0.2, 0.25) is 0 Å². The van der Waals surface area contributed by atoms with Crippen molar-refractivity contribution in [2.45, 2.75) is 82.7 Å². The highest BCUT2D eigenvalue weighted by atomic mass is 16.6. The summed E-state index contributed by atoms with van der Waals surface area (Å²) in [5, 5.41) is 28.4. The largest absolute Gasteiger partial charge is 0.457 e. The van der Waals surface area contributed by atoms with Gasteiger partial charge in [-0.2, -0.15) is 0 Å². The van der Waals surface area contributed by atoms with E-state index in [4.69, 9.17) is 9.47 Å². The summed E-state index contributed by atoms with van der Waals surface area (Å²) in [5.41, 5.74) is 0. The van der Waals surface area contributed by atoms with E-state index in [1.807, 2.05) is 0 Å². The van der Waals surface area contributed by atoms with Gasteiger partial charge in [0, 0.05) is 6.42 Å². The number of hydrogen-bond acceptors (Lipinski definition) is 6. The van der Waals surface area contributed by atoms with Gasteiger partial charge < -0.3 is 24.8 Å². The third-order valence-electron chi connectivity index (χ3n) is 4.00. The molecule has 0 amide bonds. The Kier molecular flexibility index (Phi) is 9.63. The quantitative estimate of drug-likeness (QED) is 0.391. The van der Waals surface area contributed by atoms with Gasteiger partial charge in [0.1, 0.15) is 18.3 Å². The van der Waals surface area contributed by atoms with Gasteiger partial charge in [0.05, 0.1) is 13.2 Å². The third-order valence-corrected chi connectivity index (χ3v) is 4.00. The molecule has 22 heavy (non-hydrogen) atoms. The van der Waals surface area contributed by atoms with Gasteiger partial charge in [-0.25, -0.2) is 0 Å². The van der Waals surface area contributed by atoms with Crippen LogP contribution >= 0.6 is 0 Å². The van der Waals surface area contributed by atoms with Crippen LogP contribution in [0.15, 0.2) is 0 Å². The average molecular weight is 318 g/mol. The fourth-order valence-electron chi connectivity index (χ4n) is 2.62. The highest BCUT2D eigenvalue weighted by molar-refractivity contribution is 5.69. The molecular formula is C16H30O6. The Morgan fingerprint density at radius 2 is 1.82 bits per heavy atom. The minimum Gasteiger partial charge on any atom is -0.457 e. The van der Waals surface area contributed by atoms with Crippen molar-refractivity contribution >= 4 is 5.97 Å². The fourth-order valence-corrected chi connectivity index (χ4v) is 2.62. The first-order valence-corrected chi connectivity index (χ1v) is 8.38. The van der Waals surface area contributed by atoms with Crippen molar-refractivity contribution in [2.75, 3.05) is 13.2 Å². The fraction of sp³-hybridized carbons (Fsp3) is 0.938. The Balaban J connectivity index is 2.17. The first kappa shape index (κ1) is 19.4. The standard InChI is InChI=1S/C16H30O6/c1-2-3-4-5-6-7-8-9-14(19)22-13(10-17)16-15(20)12(18)11-21-16/h12-13,15-18,20H,2-11H2,1H3/t12-,13-,15-,16-/m1/s1. The first-order valence-electron chi connectivity index (χ1n) is 8.38. The van der Waals surface area contributed by atoms with E-state index in [1.165, 1.54) is 25.7 Å². The normalized spacial score (nSPS) is 26.1. The smallest absolute Gasteiger partial charge is 0.306 e. The molecule has 0 aromatic carbocycles. The molecule has 0 saturated carbocycles. The Morgan fingerprint density at radius 1 is 1.18 bits per heavy atom. The number of esters is 1. The number of carbonyl (C=O) groups excluding carboxylic acids is 1. The predicted molar refractivity (Wildman–Crippen MR) is 81.3 cm³/mol. The molecule has 1 saturated heterocycles. The molecule has 0 unspecified atom stereocenters. The molecule has 1 heterocycles. The van der Waals surface area contributed by atoms with Gasteiger partial charge in [-0.15, -0.1) is 0 Å². The summed E-state index contributed by atoms with van der Waals surface area (Å²) in [7, 11) is 0. The molecule has 0 aromatic rings. The zero-order valence-electron chi connectivity index (χ0n) is 13.4. The SMILES string of the molecule is CCCCCCCCCC(=O)O[C@H](CO)[C@H]1OC[C@@H](O)[C@H]1O. The molecule has 0 aliphatic carbocycles. The molecule has 0 bridgehead atoms. The van der Waals surface area contributed by atoms with Crippen molar-refractivity contribution < 1.29 is 29.6 Å². The molecule has 1 aliphatic rings. The summed E-state index contributed by atoms with van der Waals surface area (Å²) < 4.78 is 10.3. The van der Waals surface area contributed by atoms with Gasteiger partial charge in [-0.3, -0.25) is 4.79 Å². The molecule has 1 fully saturated rings. The Hall–Kier alpha value is -0.690. The van der Waals surface area contributed by atoms with Gasteiger partial charge in [0.25, 0.3) is 0 Å². The van der Waals surface area contributed by atoms with Crippen LogP contribution in [0.1, 0.15) is 58.3 Å². The average Bonchev–Trinajstić information content (AvgIpc) is 2.84. The van der Waals surface area contributed by atoms with Crippen molar-refractivity contribution in [2.24, 2.45) is 0 Å². The van der Waals surface area contributed by atoms with Crippen LogP contribution in [-0.2, 0) is 14.3 Å². The van der Waals surface area contributed by atoms with E-state index in [2.05, 4.69) is 6.92 Å². The predicted octanol–water partition coefficient (Wildman–Crippen LogP) is 1.15. The van der Waals surface area contributed by atoms with Gasteiger partial charge in [-0.1, -0.05) is 45.4 Å².